The molecule has 1 saturated heterocycles. The Hall–Kier alpha value is -3.93. The fourth-order valence-corrected chi connectivity index (χ4v) is 5.11. The Morgan fingerprint density at radius 3 is 2.14 bits per heavy atom. The maximum atomic E-state index is 4.92. The van der Waals surface area contributed by atoms with Gasteiger partial charge in [0.25, 0.3) is 0 Å². The molecule has 0 saturated carbocycles. The minimum atomic E-state index is 0.427. The summed E-state index contributed by atoms with van der Waals surface area (Å²) < 4.78 is 0. The van der Waals surface area contributed by atoms with E-state index in [4.69, 9.17) is 4.98 Å². The molecule has 0 aliphatic carbocycles. The van der Waals surface area contributed by atoms with Crippen molar-refractivity contribution in [1.29, 1.82) is 0 Å². The summed E-state index contributed by atoms with van der Waals surface area (Å²) in [5, 5.41) is 1.08. The van der Waals surface area contributed by atoms with Crippen LogP contribution < -0.4 is 4.90 Å². The van der Waals surface area contributed by atoms with Crippen LogP contribution >= 0.6 is 0 Å². The number of imidazole rings is 1. The summed E-state index contributed by atoms with van der Waals surface area (Å²) in [5.41, 5.74) is 9.05. The Morgan fingerprint density at radius 1 is 0.800 bits per heavy atom. The van der Waals surface area contributed by atoms with Crippen molar-refractivity contribution in [2.24, 2.45) is 0 Å². The van der Waals surface area contributed by atoms with Gasteiger partial charge in [0.1, 0.15) is 23.6 Å². The molecular formula is C29H30N6. The Morgan fingerprint density at radius 2 is 1.46 bits per heavy atom. The molecule has 3 aromatic heterocycles. The molecule has 6 rings (SSSR count). The summed E-state index contributed by atoms with van der Waals surface area (Å²) >= 11 is 0. The van der Waals surface area contributed by atoms with E-state index in [2.05, 4.69) is 100 Å². The van der Waals surface area contributed by atoms with E-state index >= 15 is 0 Å². The molecule has 6 heteroatoms. The number of fused-ring (bicyclic) bond motifs is 1. The monoisotopic (exact) mass is 462 g/mol. The summed E-state index contributed by atoms with van der Waals surface area (Å²) in [7, 11) is 0. The number of nitrogens with zero attached hydrogens (tertiary/aromatic N) is 4. The first kappa shape index (κ1) is 21.6. The number of aromatic nitrogens is 5. The molecule has 0 amide bonds. The Kier molecular flexibility index (Phi) is 5.36. The first-order valence-corrected chi connectivity index (χ1v) is 12.3. The lowest BCUT2D eigenvalue weighted by Gasteiger charge is -2.32. The van der Waals surface area contributed by atoms with Crippen LogP contribution in [0.3, 0.4) is 0 Å². The van der Waals surface area contributed by atoms with Crippen molar-refractivity contribution in [1.82, 2.24) is 24.9 Å². The maximum Gasteiger partial charge on any atom is 0.143 e. The Bertz CT molecular complexity index is 1470. The van der Waals surface area contributed by atoms with Crippen LogP contribution in [0.1, 0.15) is 41.4 Å². The summed E-state index contributed by atoms with van der Waals surface area (Å²) in [5.74, 6) is 2.55. The van der Waals surface area contributed by atoms with Crippen molar-refractivity contribution in [3.8, 4) is 22.5 Å². The van der Waals surface area contributed by atoms with Gasteiger partial charge < -0.3 is 14.9 Å². The van der Waals surface area contributed by atoms with Gasteiger partial charge in [-0.3, -0.25) is 0 Å². The van der Waals surface area contributed by atoms with E-state index < -0.39 is 0 Å². The molecule has 35 heavy (non-hydrogen) atoms. The molecule has 2 N–H and O–H groups in total. The van der Waals surface area contributed by atoms with E-state index in [1.165, 1.54) is 16.7 Å². The molecule has 5 aromatic rings. The quantitative estimate of drug-likeness (QED) is 0.328. The van der Waals surface area contributed by atoms with Crippen molar-refractivity contribution in [2.75, 3.05) is 18.0 Å². The van der Waals surface area contributed by atoms with E-state index in [1.54, 1.807) is 6.33 Å². The van der Waals surface area contributed by atoms with Gasteiger partial charge in [-0.05, 0) is 50.8 Å². The number of hydrogen-bond donors (Lipinski definition) is 2. The molecule has 1 aliphatic heterocycles. The number of rotatable bonds is 4. The van der Waals surface area contributed by atoms with Crippen LogP contribution in [-0.2, 0) is 0 Å². The lowest BCUT2D eigenvalue weighted by atomic mass is 9.96. The van der Waals surface area contributed by atoms with Crippen molar-refractivity contribution in [3.63, 3.8) is 0 Å². The number of hydrogen-bond acceptors (Lipinski definition) is 4. The van der Waals surface area contributed by atoms with Crippen molar-refractivity contribution in [2.45, 2.75) is 39.5 Å². The molecule has 1 aliphatic rings. The van der Waals surface area contributed by atoms with Crippen LogP contribution in [0.25, 0.3) is 33.5 Å². The predicted molar refractivity (Wildman–Crippen MR) is 142 cm³/mol. The van der Waals surface area contributed by atoms with Gasteiger partial charge in [-0.1, -0.05) is 59.7 Å². The minimum Gasteiger partial charge on any atom is -0.356 e. The Balaban J connectivity index is 1.21. The van der Waals surface area contributed by atoms with Gasteiger partial charge in [-0.2, -0.15) is 0 Å². The summed E-state index contributed by atoms with van der Waals surface area (Å²) in [6, 6.07) is 19.4. The van der Waals surface area contributed by atoms with E-state index in [0.29, 0.717) is 5.92 Å². The zero-order valence-corrected chi connectivity index (χ0v) is 20.5. The maximum absolute atomic E-state index is 4.92. The lowest BCUT2D eigenvalue weighted by molar-refractivity contribution is 0.487. The van der Waals surface area contributed by atoms with Gasteiger partial charge in [0.05, 0.1) is 16.8 Å². The van der Waals surface area contributed by atoms with Crippen molar-refractivity contribution >= 4 is 16.9 Å². The number of aromatic amines is 2. The van der Waals surface area contributed by atoms with Gasteiger partial charge in [-0.25, -0.2) is 15.0 Å². The third-order valence-electron chi connectivity index (χ3n) is 7.19. The zero-order valence-electron chi connectivity index (χ0n) is 20.5. The van der Waals surface area contributed by atoms with Gasteiger partial charge >= 0.3 is 0 Å². The van der Waals surface area contributed by atoms with E-state index in [1.807, 2.05) is 0 Å². The molecule has 4 heterocycles. The van der Waals surface area contributed by atoms with E-state index in [9.17, 15) is 0 Å². The highest BCUT2D eigenvalue weighted by Gasteiger charge is 2.26. The zero-order chi connectivity index (χ0) is 23.9. The highest BCUT2D eigenvalue weighted by molar-refractivity contribution is 5.92. The molecule has 0 atom stereocenters. The third kappa shape index (κ3) is 4.09. The average molecular weight is 463 g/mol. The highest BCUT2D eigenvalue weighted by atomic mass is 15.2. The second-order valence-corrected chi connectivity index (χ2v) is 9.72. The van der Waals surface area contributed by atoms with Gasteiger partial charge in [0, 0.05) is 24.7 Å². The van der Waals surface area contributed by atoms with Crippen molar-refractivity contribution < 1.29 is 0 Å². The number of piperidine rings is 1. The number of benzene rings is 2. The lowest BCUT2D eigenvalue weighted by Crippen LogP contribution is -2.33. The second-order valence-electron chi connectivity index (χ2n) is 9.72. The fourth-order valence-electron chi connectivity index (χ4n) is 5.11. The summed E-state index contributed by atoms with van der Waals surface area (Å²) in [4.78, 5) is 23.6. The van der Waals surface area contributed by atoms with Crippen LogP contribution in [0.5, 0.6) is 0 Å². The van der Waals surface area contributed by atoms with Crippen LogP contribution in [-0.4, -0.2) is 38.0 Å². The van der Waals surface area contributed by atoms with Gasteiger partial charge in [0.2, 0.25) is 0 Å². The predicted octanol–water partition coefficient (Wildman–Crippen LogP) is 6.32. The SMILES string of the molecule is Cc1ccc(-c2cc3c(N4CCC(c5nc(C)c(-c6ccc(C)cc6)[nH]5)CC4)ncnc3[nH]2)cc1. The van der Waals surface area contributed by atoms with Crippen LogP contribution in [0.4, 0.5) is 5.82 Å². The fraction of sp³-hybridized carbons (Fsp3) is 0.276. The molecule has 2 aromatic carbocycles. The van der Waals surface area contributed by atoms with E-state index in [0.717, 1.165) is 71.3 Å². The molecule has 1 fully saturated rings. The van der Waals surface area contributed by atoms with Gasteiger partial charge in [-0.15, -0.1) is 0 Å². The average Bonchev–Trinajstić information content (AvgIpc) is 3.49. The second kappa shape index (κ2) is 8.69. The molecule has 0 unspecified atom stereocenters. The topological polar surface area (TPSA) is 73.5 Å². The summed E-state index contributed by atoms with van der Waals surface area (Å²) in [6.45, 7) is 8.21. The molecule has 6 nitrogen and oxygen atoms in total. The smallest absolute Gasteiger partial charge is 0.143 e. The number of aryl methyl sites for hydroxylation is 3. The number of H-pyrrole nitrogens is 2. The van der Waals surface area contributed by atoms with E-state index in [-0.39, 0.29) is 0 Å². The molecule has 0 spiro atoms. The molecule has 176 valence electrons. The largest absolute Gasteiger partial charge is 0.356 e. The number of anilines is 1. The first-order valence-electron chi connectivity index (χ1n) is 12.3. The molecule has 0 bridgehead atoms. The van der Waals surface area contributed by atoms with Gasteiger partial charge in [0.15, 0.2) is 0 Å². The molecule has 0 radical (unpaired) electrons. The first-order chi connectivity index (χ1) is 17.0. The standard InChI is InChI=1S/C29H30N6/c1-18-4-8-21(9-5-18)25-16-24-28(33-25)30-17-31-29(24)35-14-12-23(13-15-35)27-32-20(3)26(34-27)22-10-6-19(2)7-11-22/h4-11,16-17,23H,12-15H2,1-3H3,(H,32,34)(H,30,31,33). The van der Waals surface area contributed by atoms with Crippen molar-refractivity contribution in [3.05, 3.63) is 83.6 Å². The van der Waals surface area contributed by atoms with Crippen LogP contribution in [0, 0.1) is 20.8 Å². The van der Waals surface area contributed by atoms with Crippen LogP contribution in [0.15, 0.2) is 60.9 Å². The Labute approximate surface area is 205 Å². The molecular weight excluding hydrogens is 432 g/mol. The third-order valence-corrected chi connectivity index (χ3v) is 7.19. The van der Waals surface area contributed by atoms with Crippen LogP contribution in [0.2, 0.25) is 0 Å². The summed E-state index contributed by atoms with van der Waals surface area (Å²) in [6.07, 6.45) is 3.75. The number of nitrogens with one attached hydrogen (secondary N) is 2. The normalized spacial score (nSPS) is 14.7. The highest BCUT2D eigenvalue weighted by Crippen LogP contribution is 2.34. The minimum absolute atomic E-state index is 0.427.